The van der Waals surface area contributed by atoms with Crippen LogP contribution in [0.4, 0.5) is 0 Å². The number of aliphatic hydroxyl groups is 1. The molecule has 1 aromatic carbocycles. The molecule has 1 saturated carbocycles. The quantitative estimate of drug-likeness (QED) is 0.635. The lowest BCUT2D eigenvalue weighted by Gasteiger charge is -2.35. The Hall–Kier alpha value is -2.64. The van der Waals surface area contributed by atoms with Crippen LogP contribution in [0.3, 0.4) is 0 Å². The highest BCUT2D eigenvalue weighted by molar-refractivity contribution is 5.83. The largest absolute Gasteiger partial charge is 0.488 e. The number of benzene rings is 1. The summed E-state index contributed by atoms with van der Waals surface area (Å²) in [5.41, 5.74) is 2.33. The van der Waals surface area contributed by atoms with Crippen molar-refractivity contribution in [3.63, 3.8) is 0 Å². The Bertz CT molecular complexity index is 1220. The van der Waals surface area contributed by atoms with Crippen molar-refractivity contribution in [3.8, 4) is 5.75 Å². The van der Waals surface area contributed by atoms with Gasteiger partial charge in [-0.05, 0) is 67.7 Å². The molecule has 168 valence electrons. The van der Waals surface area contributed by atoms with Crippen molar-refractivity contribution >= 4 is 11.0 Å². The van der Waals surface area contributed by atoms with Crippen molar-refractivity contribution < 1.29 is 14.3 Å². The molecular formula is C25H29N3O4. The van der Waals surface area contributed by atoms with Crippen molar-refractivity contribution in [1.29, 1.82) is 0 Å². The maximum atomic E-state index is 12.2. The van der Waals surface area contributed by atoms with Gasteiger partial charge in [-0.15, -0.1) is 0 Å². The highest BCUT2D eigenvalue weighted by Crippen LogP contribution is 2.39. The van der Waals surface area contributed by atoms with Crippen LogP contribution in [0.15, 0.2) is 39.8 Å². The minimum atomic E-state index is -0.473. The average Bonchev–Trinajstić information content (AvgIpc) is 3.50. The van der Waals surface area contributed by atoms with Gasteiger partial charge in [-0.3, -0.25) is 4.90 Å². The molecule has 0 unspecified atom stereocenters. The van der Waals surface area contributed by atoms with Crippen LogP contribution in [0.1, 0.15) is 36.2 Å². The Morgan fingerprint density at radius 1 is 1.19 bits per heavy atom. The Labute approximate surface area is 186 Å². The molecular weight excluding hydrogens is 406 g/mol. The van der Waals surface area contributed by atoms with Crippen molar-refractivity contribution in [1.82, 2.24) is 14.5 Å². The van der Waals surface area contributed by atoms with E-state index >= 15 is 0 Å². The van der Waals surface area contributed by atoms with Gasteiger partial charge in [0, 0.05) is 43.5 Å². The molecule has 3 aliphatic rings. The molecule has 0 spiro atoms. The molecule has 3 heterocycles. The summed E-state index contributed by atoms with van der Waals surface area (Å²) in [6.07, 6.45) is 7.44. The van der Waals surface area contributed by atoms with E-state index in [2.05, 4.69) is 14.5 Å². The second-order valence-electron chi connectivity index (χ2n) is 9.72. The van der Waals surface area contributed by atoms with Gasteiger partial charge in [0.15, 0.2) is 0 Å². The Morgan fingerprint density at radius 3 is 2.81 bits per heavy atom. The minimum absolute atomic E-state index is 0.205. The molecule has 3 aromatic rings. The summed E-state index contributed by atoms with van der Waals surface area (Å²) >= 11 is 0. The predicted molar refractivity (Wildman–Crippen MR) is 120 cm³/mol. The molecule has 7 nitrogen and oxygen atoms in total. The summed E-state index contributed by atoms with van der Waals surface area (Å²) in [4.78, 5) is 19.1. The van der Waals surface area contributed by atoms with Gasteiger partial charge in [0.05, 0.1) is 12.6 Å². The van der Waals surface area contributed by atoms with Crippen LogP contribution >= 0.6 is 0 Å². The number of aryl methyl sites for hydroxylation is 2. The third-order valence-electron chi connectivity index (χ3n) is 7.68. The zero-order valence-corrected chi connectivity index (χ0v) is 18.4. The number of fused-ring (bicyclic) bond motifs is 4. The van der Waals surface area contributed by atoms with Crippen molar-refractivity contribution in [2.45, 2.75) is 50.9 Å². The third kappa shape index (κ3) is 3.44. The fourth-order valence-corrected chi connectivity index (χ4v) is 6.00. The SMILES string of the molecule is Cn1ccnc1CN1C[C@H]2C[C@@H](Oc3ccc4oc(=O)c5c(c4c3)CCC5)[C@H](O)C[C@H]2C1. The van der Waals surface area contributed by atoms with E-state index in [0.717, 1.165) is 79.8 Å². The van der Waals surface area contributed by atoms with Crippen LogP contribution in [0.5, 0.6) is 5.75 Å². The number of rotatable bonds is 4. The first-order chi connectivity index (χ1) is 15.5. The first kappa shape index (κ1) is 20.0. The van der Waals surface area contributed by atoms with Gasteiger partial charge in [0.2, 0.25) is 0 Å². The molecule has 0 bridgehead atoms. The second kappa shape index (κ2) is 7.74. The predicted octanol–water partition coefficient (Wildman–Crippen LogP) is 2.67. The minimum Gasteiger partial charge on any atom is -0.488 e. The zero-order valence-electron chi connectivity index (χ0n) is 18.4. The van der Waals surface area contributed by atoms with Gasteiger partial charge < -0.3 is 18.8 Å². The van der Waals surface area contributed by atoms with E-state index in [0.29, 0.717) is 17.4 Å². The molecule has 2 fully saturated rings. The highest BCUT2D eigenvalue weighted by Gasteiger charge is 2.42. The molecule has 32 heavy (non-hydrogen) atoms. The maximum Gasteiger partial charge on any atom is 0.339 e. The molecule has 1 aliphatic heterocycles. The van der Waals surface area contributed by atoms with Gasteiger partial charge >= 0.3 is 5.63 Å². The molecule has 1 saturated heterocycles. The number of hydrogen-bond acceptors (Lipinski definition) is 6. The van der Waals surface area contributed by atoms with Gasteiger partial charge in [-0.2, -0.15) is 0 Å². The van der Waals surface area contributed by atoms with Crippen LogP contribution in [0.25, 0.3) is 11.0 Å². The van der Waals surface area contributed by atoms with Gasteiger partial charge in [0.1, 0.15) is 23.3 Å². The van der Waals surface area contributed by atoms with E-state index in [-0.39, 0.29) is 11.7 Å². The lowest BCUT2D eigenvalue weighted by molar-refractivity contribution is -0.0231. The Morgan fingerprint density at radius 2 is 2.00 bits per heavy atom. The number of aromatic nitrogens is 2. The van der Waals surface area contributed by atoms with E-state index in [1.165, 1.54) is 0 Å². The topological polar surface area (TPSA) is 80.7 Å². The van der Waals surface area contributed by atoms with E-state index in [1.54, 1.807) is 0 Å². The van der Waals surface area contributed by atoms with E-state index in [1.807, 2.05) is 37.6 Å². The van der Waals surface area contributed by atoms with Crippen LogP contribution in [-0.2, 0) is 26.4 Å². The molecule has 4 atom stereocenters. The standard InChI is InChI=1S/C25H29N3O4/c1-27-8-7-26-24(27)14-28-12-15-9-21(29)23(10-16(15)13-28)31-17-5-6-22-20(11-17)18-3-2-4-19(18)25(30)32-22/h5-8,11,15-16,21,23,29H,2-4,9-10,12-14H2,1H3/t15-,16+,21+,23+/m0/s1. The summed E-state index contributed by atoms with van der Waals surface area (Å²) in [6.45, 7) is 2.86. The summed E-state index contributed by atoms with van der Waals surface area (Å²) in [5.74, 6) is 2.84. The van der Waals surface area contributed by atoms with Crippen molar-refractivity contribution in [3.05, 3.63) is 58.0 Å². The Balaban J connectivity index is 1.18. The average molecular weight is 436 g/mol. The van der Waals surface area contributed by atoms with Gasteiger partial charge in [0.25, 0.3) is 0 Å². The normalized spacial score (nSPS) is 27.6. The molecule has 1 N–H and O–H groups in total. The smallest absolute Gasteiger partial charge is 0.339 e. The Kier molecular flexibility index (Phi) is 4.84. The number of aliphatic hydroxyl groups excluding tert-OH is 1. The number of likely N-dealkylation sites (tertiary alicyclic amines) is 1. The maximum absolute atomic E-state index is 12.2. The molecule has 7 heteroatoms. The van der Waals surface area contributed by atoms with Crippen LogP contribution in [0.2, 0.25) is 0 Å². The summed E-state index contributed by atoms with van der Waals surface area (Å²) in [7, 11) is 2.03. The van der Waals surface area contributed by atoms with Crippen LogP contribution in [-0.4, -0.2) is 44.9 Å². The second-order valence-corrected chi connectivity index (χ2v) is 9.72. The lowest BCUT2D eigenvalue weighted by Crippen LogP contribution is -2.42. The summed E-state index contributed by atoms with van der Waals surface area (Å²) in [5, 5.41) is 11.8. The molecule has 6 rings (SSSR count). The van der Waals surface area contributed by atoms with E-state index < -0.39 is 6.10 Å². The first-order valence-electron chi connectivity index (χ1n) is 11.7. The molecule has 2 aliphatic carbocycles. The molecule has 0 radical (unpaired) electrons. The fourth-order valence-electron chi connectivity index (χ4n) is 6.00. The number of nitrogens with zero attached hydrogens (tertiary/aromatic N) is 3. The molecule has 0 amide bonds. The summed E-state index contributed by atoms with van der Waals surface area (Å²) < 4.78 is 13.9. The highest BCUT2D eigenvalue weighted by atomic mass is 16.5. The van der Waals surface area contributed by atoms with Crippen molar-refractivity contribution in [2.24, 2.45) is 18.9 Å². The van der Waals surface area contributed by atoms with Crippen LogP contribution in [0, 0.1) is 11.8 Å². The number of imidazole rings is 1. The first-order valence-corrected chi connectivity index (χ1v) is 11.7. The van der Waals surface area contributed by atoms with Crippen LogP contribution < -0.4 is 10.4 Å². The van der Waals surface area contributed by atoms with Gasteiger partial charge in [-0.25, -0.2) is 9.78 Å². The number of ether oxygens (including phenoxy) is 1. The summed E-state index contributed by atoms with van der Waals surface area (Å²) in [6, 6.07) is 5.67. The van der Waals surface area contributed by atoms with E-state index in [4.69, 9.17) is 9.15 Å². The van der Waals surface area contributed by atoms with E-state index in [9.17, 15) is 9.90 Å². The van der Waals surface area contributed by atoms with Gasteiger partial charge in [-0.1, -0.05) is 0 Å². The third-order valence-corrected chi connectivity index (χ3v) is 7.68. The lowest BCUT2D eigenvalue weighted by atomic mass is 9.78. The monoisotopic (exact) mass is 435 g/mol. The fraction of sp³-hybridized carbons (Fsp3) is 0.520. The van der Waals surface area contributed by atoms with Crippen molar-refractivity contribution in [2.75, 3.05) is 13.1 Å². The zero-order chi connectivity index (χ0) is 21.8. The number of hydrogen-bond donors (Lipinski definition) is 1. The molecule has 2 aromatic heterocycles.